The molecule has 0 aromatic heterocycles. The number of hydrogen-bond acceptors (Lipinski definition) is 7. The van der Waals surface area contributed by atoms with Crippen LogP contribution in [0.1, 0.15) is 98.8 Å². The summed E-state index contributed by atoms with van der Waals surface area (Å²) in [6.45, 7) is 13.2. The highest BCUT2D eigenvalue weighted by Gasteiger charge is 2.68. The van der Waals surface area contributed by atoms with Crippen molar-refractivity contribution in [1.29, 1.82) is 0 Å². The van der Waals surface area contributed by atoms with Crippen molar-refractivity contribution >= 4 is 28.8 Å². The SMILES string of the molecule is CCC(=S)O[C@]1(C(=O)COC(O)CCN(CC)CC)CC[C@H]2[C@@H]3CCC4=CC(=O)CC[C@]4(C)[C@H]3CC[C@@]21C. The molecule has 38 heavy (non-hydrogen) atoms. The number of ketones is 2. The molecular weight excluding hydrogens is 498 g/mol. The molecule has 4 aliphatic carbocycles. The van der Waals surface area contributed by atoms with Crippen molar-refractivity contribution in [3.8, 4) is 0 Å². The zero-order valence-corrected chi connectivity index (χ0v) is 25.0. The van der Waals surface area contributed by atoms with E-state index >= 15 is 0 Å². The number of aliphatic hydroxyl groups is 1. The largest absolute Gasteiger partial charge is 0.472 e. The van der Waals surface area contributed by atoms with Gasteiger partial charge in [0.1, 0.15) is 6.61 Å². The Morgan fingerprint density at radius 3 is 2.50 bits per heavy atom. The number of rotatable bonds is 11. The summed E-state index contributed by atoms with van der Waals surface area (Å²) in [5.41, 5.74) is 0.107. The van der Waals surface area contributed by atoms with E-state index in [0.29, 0.717) is 48.5 Å². The molecule has 0 saturated heterocycles. The van der Waals surface area contributed by atoms with Gasteiger partial charge in [-0.2, -0.15) is 0 Å². The summed E-state index contributed by atoms with van der Waals surface area (Å²) in [6, 6.07) is 0. The third-order valence-electron chi connectivity index (χ3n) is 11.1. The molecule has 3 saturated carbocycles. The van der Waals surface area contributed by atoms with Crippen molar-refractivity contribution in [2.45, 2.75) is 111 Å². The third-order valence-corrected chi connectivity index (χ3v) is 11.5. The van der Waals surface area contributed by atoms with Gasteiger partial charge in [-0.15, -0.1) is 0 Å². The first kappa shape index (κ1) is 29.8. The van der Waals surface area contributed by atoms with E-state index in [0.717, 1.165) is 58.2 Å². The van der Waals surface area contributed by atoms with Crippen molar-refractivity contribution < 1.29 is 24.2 Å². The van der Waals surface area contributed by atoms with E-state index < -0.39 is 11.9 Å². The molecule has 0 bridgehead atoms. The Morgan fingerprint density at radius 1 is 1.11 bits per heavy atom. The second-order valence-electron chi connectivity index (χ2n) is 12.6. The summed E-state index contributed by atoms with van der Waals surface area (Å²) < 4.78 is 12.3. The molecule has 0 spiro atoms. The molecule has 0 amide bonds. The fraction of sp³-hybridized carbons (Fsp3) is 0.839. The van der Waals surface area contributed by atoms with Crippen LogP contribution in [0.3, 0.4) is 0 Å². The van der Waals surface area contributed by atoms with Crippen LogP contribution in [-0.2, 0) is 19.1 Å². The predicted molar refractivity (Wildman–Crippen MR) is 153 cm³/mol. The van der Waals surface area contributed by atoms with Crippen LogP contribution in [0.15, 0.2) is 11.6 Å². The summed E-state index contributed by atoms with van der Waals surface area (Å²) in [4.78, 5) is 28.5. The van der Waals surface area contributed by atoms with Gasteiger partial charge in [0.05, 0.1) is 0 Å². The molecule has 0 aromatic rings. The van der Waals surface area contributed by atoms with Crippen LogP contribution in [0.4, 0.5) is 0 Å². The van der Waals surface area contributed by atoms with Gasteiger partial charge < -0.3 is 19.5 Å². The van der Waals surface area contributed by atoms with Crippen LogP contribution in [0, 0.1) is 28.6 Å². The molecule has 4 rings (SSSR count). The average molecular weight is 548 g/mol. The lowest BCUT2D eigenvalue weighted by molar-refractivity contribution is -0.172. The minimum Gasteiger partial charge on any atom is -0.472 e. The summed E-state index contributed by atoms with van der Waals surface area (Å²) >= 11 is 5.57. The second kappa shape index (κ2) is 11.8. The lowest BCUT2D eigenvalue weighted by Crippen LogP contribution is -2.60. The monoisotopic (exact) mass is 547 g/mol. The Balaban J connectivity index is 1.53. The van der Waals surface area contributed by atoms with E-state index in [4.69, 9.17) is 21.7 Å². The van der Waals surface area contributed by atoms with Crippen LogP contribution in [0.5, 0.6) is 0 Å². The number of aliphatic hydroxyl groups excluding tert-OH is 1. The van der Waals surface area contributed by atoms with Crippen molar-refractivity contribution in [3.05, 3.63) is 11.6 Å². The Morgan fingerprint density at radius 2 is 1.82 bits per heavy atom. The quantitative estimate of drug-likeness (QED) is 0.265. The number of allylic oxidation sites excluding steroid dienone is 1. The Labute approximate surface area is 234 Å². The smallest absolute Gasteiger partial charge is 0.202 e. The number of thiocarbonyl (C=S) groups is 1. The summed E-state index contributed by atoms with van der Waals surface area (Å²) in [5, 5.41) is 11.0. The van der Waals surface area contributed by atoms with E-state index in [1.807, 2.05) is 13.0 Å². The summed E-state index contributed by atoms with van der Waals surface area (Å²) in [6.07, 6.45) is 9.19. The first-order valence-electron chi connectivity index (χ1n) is 15.1. The fourth-order valence-corrected chi connectivity index (χ4v) is 8.85. The molecule has 1 unspecified atom stereocenters. The number of ether oxygens (including phenoxy) is 2. The van der Waals surface area contributed by atoms with Gasteiger partial charge in [-0.05, 0) is 99.5 Å². The molecule has 0 heterocycles. The number of fused-ring (bicyclic) bond motifs is 5. The van der Waals surface area contributed by atoms with Crippen LogP contribution in [-0.4, -0.2) is 64.8 Å². The van der Waals surface area contributed by atoms with Gasteiger partial charge in [-0.1, -0.05) is 40.2 Å². The highest BCUT2D eigenvalue weighted by Crippen LogP contribution is 2.68. The molecule has 1 N–H and O–H groups in total. The van der Waals surface area contributed by atoms with Gasteiger partial charge in [0.2, 0.25) is 5.78 Å². The van der Waals surface area contributed by atoms with E-state index in [-0.39, 0.29) is 29.0 Å². The molecule has 3 fully saturated rings. The van der Waals surface area contributed by atoms with Gasteiger partial charge in [0, 0.05) is 31.2 Å². The Kier molecular flexibility index (Phi) is 9.23. The number of Topliss-reactive ketones (excluding diaryl/α,β-unsaturated/α-hetero) is 1. The molecule has 7 heteroatoms. The maximum absolute atomic E-state index is 14.0. The van der Waals surface area contributed by atoms with Gasteiger partial charge in [-0.25, -0.2) is 0 Å². The minimum absolute atomic E-state index is 0.0792. The average Bonchev–Trinajstić information content (AvgIpc) is 3.21. The Hall–Kier alpha value is -1.15. The number of hydrogen-bond donors (Lipinski definition) is 1. The Bertz CT molecular complexity index is 947. The van der Waals surface area contributed by atoms with Crippen molar-refractivity contribution in [2.75, 3.05) is 26.2 Å². The first-order valence-corrected chi connectivity index (χ1v) is 15.5. The van der Waals surface area contributed by atoms with E-state index in [1.165, 1.54) is 5.57 Å². The molecule has 0 aromatic carbocycles. The lowest BCUT2D eigenvalue weighted by atomic mass is 9.46. The molecular formula is C31H49NO5S. The van der Waals surface area contributed by atoms with Crippen LogP contribution >= 0.6 is 12.2 Å². The van der Waals surface area contributed by atoms with E-state index in [2.05, 4.69) is 32.6 Å². The van der Waals surface area contributed by atoms with E-state index in [9.17, 15) is 14.7 Å². The van der Waals surface area contributed by atoms with Crippen molar-refractivity contribution in [2.24, 2.45) is 28.6 Å². The van der Waals surface area contributed by atoms with E-state index in [1.54, 1.807) is 0 Å². The molecule has 0 aliphatic heterocycles. The topological polar surface area (TPSA) is 76.1 Å². The van der Waals surface area contributed by atoms with Gasteiger partial charge >= 0.3 is 0 Å². The van der Waals surface area contributed by atoms with Crippen LogP contribution < -0.4 is 0 Å². The standard InChI is InChI=1S/C31H49NO5S/c1-6-28(38)37-31(26(34)20-36-27(35)14-18-32(7-2)8-3)17-13-25-23-10-9-21-19-22(33)11-15-29(21,4)24(23)12-16-30(25,31)5/h19,23-25,27,35H,6-18,20H2,1-5H3/t23-,24+,25+,27?,29+,30+,31+/m1/s1. The molecule has 0 radical (unpaired) electrons. The van der Waals surface area contributed by atoms with Crippen LogP contribution in [0.2, 0.25) is 0 Å². The molecule has 6 nitrogen and oxygen atoms in total. The lowest BCUT2D eigenvalue weighted by Gasteiger charge is -2.59. The first-order chi connectivity index (χ1) is 18.0. The van der Waals surface area contributed by atoms with Gasteiger partial charge in [0.25, 0.3) is 0 Å². The predicted octanol–water partition coefficient (Wildman–Crippen LogP) is 5.65. The molecule has 4 aliphatic rings. The number of nitrogens with zero attached hydrogens (tertiary/aromatic N) is 1. The van der Waals surface area contributed by atoms with Crippen molar-refractivity contribution in [3.63, 3.8) is 0 Å². The normalized spacial score (nSPS) is 37.2. The third kappa shape index (κ3) is 5.17. The maximum Gasteiger partial charge on any atom is 0.202 e. The maximum atomic E-state index is 14.0. The fourth-order valence-electron chi connectivity index (χ4n) is 8.71. The summed E-state index contributed by atoms with van der Waals surface area (Å²) in [5.74, 6) is 1.62. The summed E-state index contributed by atoms with van der Waals surface area (Å²) in [7, 11) is 0. The highest BCUT2D eigenvalue weighted by molar-refractivity contribution is 7.80. The van der Waals surface area contributed by atoms with Gasteiger partial charge in [0.15, 0.2) is 22.7 Å². The van der Waals surface area contributed by atoms with Gasteiger partial charge in [-0.3, -0.25) is 9.59 Å². The number of carbonyl (C=O) groups excluding carboxylic acids is 2. The second-order valence-corrected chi connectivity index (χ2v) is 13.1. The highest BCUT2D eigenvalue weighted by atomic mass is 32.1. The molecule has 214 valence electrons. The zero-order valence-electron chi connectivity index (χ0n) is 24.2. The van der Waals surface area contributed by atoms with Crippen LogP contribution in [0.25, 0.3) is 0 Å². The molecule has 7 atom stereocenters. The zero-order chi connectivity index (χ0) is 27.7. The number of carbonyl (C=O) groups is 2. The minimum atomic E-state index is -1.01. The van der Waals surface area contributed by atoms with Crippen molar-refractivity contribution in [1.82, 2.24) is 4.90 Å².